The van der Waals surface area contributed by atoms with Crippen LogP contribution < -0.4 is 0 Å². The summed E-state index contributed by atoms with van der Waals surface area (Å²) in [7, 11) is 0. The van der Waals surface area contributed by atoms with Gasteiger partial charge in [-0.05, 0) is 19.8 Å². The summed E-state index contributed by atoms with van der Waals surface area (Å²) in [5.74, 6) is 0.694. The Morgan fingerprint density at radius 2 is 1.50 bits per heavy atom. The zero-order valence-corrected chi connectivity index (χ0v) is 8.62. The molecule has 12 heavy (non-hydrogen) atoms. The predicted octanol–water partition coefficient (Wildman–Crippen LogP) is 2.10. The highest BCUT2D eigenvalue weighted by Crippen LogP contribution is 2.21. The van der Waals surface area contributed by atoms with E-state index in [-0.39, 0.29) is 0 Å². The highest BCUT2D eigenvalue weighted by atomic mass is 15.4. The van der Waals surface area contributed by atoms with Crippen LogP contribution in [0.5, 0.6) is 0 Å². The van der Waals surface area contributed by atoms with Crippen LogP contribution in [0.3, 0.4) is 0 Å². The molecule has 0 spiro atoms. The fraction of sp³-hybridized carbons (Fsp3) is 0.800. The standard InChI is InChI=1S/C10H20N2/c1-5-11-7-8-12(6-2)10(11)9(3)4/h7-10H,5-6H2,1-4H3. The molecule has 0 atom stereocenters. The third-order valence-corrected chi connectivity index (χ3v) is 2.46. The molecule has 2 heteroatoms. The fourth-order valence-electron chi connectivity index (χ4n) is 1.89. The lowest BCUT2D eigenvalue weighted by Gasteiger charge is -2.34. The van der Waals surface area contributed by atoms with E-state index in [1.165, 1.54) is 0 Å². The minimum absolute atomic E-state index is 0.583. The second kappa shape index (κ2) is 3.83. The number of rotatable bonds is 3. The van der Waals surface area contributed by atoms with Crippen molar-refractivity contribution in [2.45, 2.75) is 33.9 Å². The number of hydrogen-bond acceptors (Lipinski definition) is 2. The Labute approximate surface area is 75.8 Å². The number of hydrogen-bond donors (Lipinski definition) is 0. The van der Waals surface area contributed by atoms with E-state index in [0.29, 0.717) is 12.1 Å². The molecule has 70 valence electrons. The Morgan fingerprint density at radius 3 is 1.75 bits per heavy atom. The molecule has 1 aliphatic heterocycles. The van der Waals surface area contributed by atoms with Crippen LogP contribution in [0.2, 0.25) is 0 Å². The lowest BCUT2D eigenvalue weighted by molar-refractivity contribution is 0.116. The summed E-state index contributed by atoms with van der Waals surface area (Å²) in [5.41, 5.74) is 0. The summed E-state index contributed by atoms with van der Waals surface area (Å²) in [4.78, 5) is 4.79. The third kappa shape index (κ3) is 1.57. The first-order chi connectivity index (χ1) is 5.70. The van der Waals surface area contributed by atoms with E-state index in [9.17, 15) is 0 Å². The van der Waals surface area contributed by atoms with Gasteiger partial charge in [-0.1, -0.05) is 13.8 Å². The molecule has 0 aromatic rings. The Kier molecular flexibility index (Phi) is 3.01. The first-order valence-electron chi connectivity index (χ1n) is 4.90. The van der Waals surface area contributed by atoms with Gasteiger partial charge in [0.25, 0.3) is 0 Å². The van der Waals surface area contributed by atoms with Crippen LogP contribution >= 0.6 is 0 Å². The molecule has 2 nitrogen and oxygen atoms in total. The molecule has 0 fully saturated rings. The van der Waals surface area contributed by atoms with E-state index in [0.717, 1.165) is 13.1 Å². The average molecular weight is 168 g/mol. The van der Waals surface area contributed by atoms with Crippen molar-refractivity contribution in [2.24, 2.45) is 5.92 Å². The van der Waals surface area contributed by atoms with Gasteiger partial charge in [0.15, 0.2) is 0 Å². The van der Waals surface area contributed by atoms with Crippen molar-refractivity contribution in [1.82, 2.24) is 9.80 Å². The third-order valence-electron chi connectivity index (χ3n) is 2.46. The Bertz CT molecular complexity index is 149. The van der Waals surface area contributed by atoms with Crippen LogP contribution in [0.25, 0.3) is 0 Å². The fourth-order valence-corrected chi connectivity index (χ4v) is 1.89. The molecule has 1 aliphatic rings. The van der Waals surface area contributed by atoms with Gasteiger partial charge in [0.2, 0.25) is 0 Å². The molecule has 0 bridgehead atoms. The van der Waals surface area contributed by atoms with Crippen molar-refractivity contribution >= 4 is 0 Å². The quantitative estimate of drug-likeness (QED) is 0.636. The van der Waals surface area contributed by atoms with Crippen molar-refractivity contribution in [2.75, 3.05) is 13.1 Å². The Hall–Kier alpha value is -0.660. The van der Waals surface area contributed by atoms with E-state index >= 15 is 0 Å². The van der Waals surface area contributed by atoms with Crippen molar-refractivity contribution in [3.05, 3.63) is 12.4 Å². The smallest absolute Gasteiger partial charge is 0.103 e. The van der Waals surface area contributed by atoms with Crippen LogP contribution in [0, 0.1) is 5.92 Å². The molecule has 0 aliphatic carbocycles. The summed E-state index contributed by atoms with van der Waals surface area (Å²) in [5, 5.41) is 0. The second-order valence-electron chi connectivity index (χ2n) is 3.62. The first-order valence-corrected chi connectivity index (χ1v) is 4.90. The van der Waals surface area contributed by atoms with Crippen molar-refractivity contribution in [1.29, 1.82) is 0 Å². The molecule has 0 saturated heterocycles. The summed E-state index contributed by atoms with van der Waals surface area (Å²) < 4.78 is 0. The van der Waals surface area contributed by atoms with Crippen molar-refractivity contribution < 1.29 is 0 Å². The maximum Gasteiger partial charge on any atom is 0.103 e. The highest BCUT2D eigenvalue weighted by molar-refractivity contribution is 4.97. The molecular weight excluding hydrogens is 148 g/mol. The monoisotopic (exact) mass is 168 g/mol. The highest BCUT2D eigenvalue weighted by Gasteiger charge is 2.26. The zero-order chi connectivity index (χ0) is 9.14. The minimum atomic E-state index is 0.583. The van der Waals surface area contributed by atoms with E-state index in [1.807, 2.05) is 0 Å². The molecular formula is C10H20N2. The lowest BCUT2D eigenvalue weighted by Crippen LogP contribution is -2.42. The van der Waals surface area contributed by atoms with Gasteiger partial charge in [-0.15, -0.1) is 0 Å². The van der Waals surface area contributed by atoms with E-state index in [4.69, 9.17) is 0 Å². The molecule has 1 heterocycles. The lowest BCUT2D eigenvalue weighted by atomic mass is 10.1. The minimum Gasteiger partial charge on any atom is -0.356 e. The van der Waals surface area contributed by atoms with Crippen LogP contribution in [0.1, 0.15) is 27.7 Å². The van der Waals surface area contributed by atoms with E-state index < -0.39 is 0 Å². The van der Waals surface area contributed by atoms with Gasteiger partial charge in [-0.25, -0.2) is 0 Å². The zero-order valence-electron chi connectivity index (χ0n) is 8.62. The van der Waals surface area contributed by atoms with E-state index in [1.54, 1.807) is 0 Å². The van der Waals surface area contributed by atoms with Gasteiger partial charge >= 0.3 is 0 Å². The topological polar surface area (TPSA) is 6.48 Å². The SMILES string of the molecule is CCN1C=CN(CC)C1C(C)C. The summed E-state index contributed by atoms with van der Waals surface area (Å²) in [6.45, 7) is 11.2. The Morgan fingerprint density at radius 1 is 1.08 bits per heavy atom. The van der Waals surface area contributed by atoms with Crippen LogP contribution in [0.15, 0.2) is 12.4 Å². The Balaban J connectivity index is 2.64. The van der Waals surface area contributed by atoms with Crippen LogP contribution in [0.4, 0.5) is 0 Å². The number of nitrogens with zero attached hydrogens (tertiary/aromatic N) is 2. The first kappa shape index (κ1) is 9.43. The maximum absolute atomic E-state index is 2.40. The van der Waals surface area contributed by atoms with Gasteiger partial charge in [0.1, 0.15) is 6.17 Å². The normalized spacial score (nSPS) is 18.4. The predicted molar refractivity (Wildman–Crippen MR) is 52.5 cm³/mol. The van der Waals surface area contributed by atoms with Gasteiger partial charge in [-0.3, -0.25) is 0 Å². The maximum atomic E-state index is 2.40. The van der Waals surface area contributed by atoms with Gasteiger partial charge in [-0.2, -0.15) is 0 Å². The van der Waals surface area contributed by atoms with Crippen molar-refractivity contribution in [3.8, 4) is 0 Å². The largest absolute Gasteiger partial charge is 0.356 e. The molecule has 1 rings (SSSR count). The molecule has 0 unspecified atom stereocenters. The summed E-state index contributed by atoms with van der Waals surface area (Å²) in [6.07, 6.45) is 4.99. The van der Waals surface area contributed by atoms with Crippen LogP contribution in [-0.4, -0.2) is 29.1 Å². The van der Waals surface area contributed by atoms with Crippen LogP contribution in [-0.2, 0) is 0 Å². The molecule has 0 radical (unpaired) electrons. The van der Waals surface area contributed by atoms with Gasteiger partial charge in [0, 0.05) is 25.5 Å². The molecule has 0 N–H and O–H groups in total. The molecule has 0 saturated carbocycles. The second-order valence-corrected chi connectivity index (χ2v) is 3.62. The van der Waals surface area contributed by atoms with Gasteiger partial charge in [0.05, 0.1) is 0 Å². The average Bonchev–Trinajstić information content (AvgIpc) is 2.46. The van der Waals surface area contributed by atoms with E-state index in [2.05, 4.69) is 49.9 Å². The summed E-state index contributed by atoms with van der Waals surface area (Å²) >= 11 is 0. The molecule has 0 aromatic heterocycles. The molecule has 0 aromatic carbocycles. The molecule has 0 amide bonds. The van der Waals surface area contributed by atoms with Crippen molar-refractivity contribution in [3.63, 3.8) is 0 Å². The summed E-state index contributed by atoms with van der Waals surface area (Å²) in [6, 6.07) is 0. The van der Waals surface area contributed by atoms with Gasteiger partial charge < -0.3 is 9.80 Å².